The SMILES string of the molecule is COc1ccc(C2C=CC(=O)CO2)cc1. The van der Waals surface area contributed by atoms with Crippen molar-refractivity contribution in [1.82, 2.24) is 0 Å². The van der Waals surface area contributed by atoms with E-state index in [0.717, 1.165) is 11.3 Å². The van der Waals surface area contributed by atoms with E-state index in [-0.39, 0.29) is 18.5 Å². The van der Waals surface area contributed by atoms with E-state index in [1.165, 1.54) is 0 Å². The second-order valence-corrected chi connectivity index (χ2v) is 3.33. The highest BCUT2D eigenvalue weighted by atomic mass is 16.5. The summed E-state index contributed by atoms with van der Waals surface area (Å²) in [6, 6.07) is 7.62. The number of hydrogen-bond acceptors (Lipinski definition) is 3. The highest BCUT2D eigenvalue weighted by Gasteiger charge is 2.14. The fourth-order valence-corrected chi connectivity index (χ4v) is 1.47. The van der Waals surface area contributed by atoms with Crippen LogP contribution in [0, 0.1) is 0 Å². The van der Waals surface area contributed by atoms with E-state index >= 15 is 0 Å². The van der Waals surface area contributed by atoms with Crippen molar-refractivity contribution in [3.05, 3.63) is 42.0 Å². The van der Waals surface area contributed by atoms with E-state index in [2.05, 4.69) is 0 Å². The molecule has 1 aromatic rings. The van der Waals surface area contributed by atoms with Crippen LogP contribution >= 0.6 is 0 Å². The minimum atomic E-state index is -0.117. The molecule has 78 valence electrons. The van der Waals surface area contributed by atoms with Gasteiger partial charge in [0.05, 0.1) is 7.11 Å². The number of rotatable bonds is 2. The van der Waals surface area contributed by atoms with E-state index < -0.39 is 0 Å². The van der Waals surface area contributed by atoms with Crippen LogP contribution in [0.25, 0.3) is 0 Å². The quantitative estimate of drug-likeness (QED) is 0.738. The van der Waals surface area contributed by atoms with E-state index in [0.29, 0.717) is 0 Å². The molecule has 0 radical (unpaired) electrons. The predicted octanol–water partition coefficient (Wildman–Crippen LogP) is 1.89. The second kappa shape index (κ2) is 4.28. The minimum Gasteiger partial charge on any atom is -0.497 e. The maximum absolute atomic E-state index is 10.9. The summed E-state index contributed by atoms with van der Waals surface area (Å²) in [5.74, 6) is 0.828. The Morgan fingerprint density at radius 3 is 2.60 bits per heavy atom. The number of methoxy groups -OCH3 is 1. The lowest BCUT2D eigenvalue weighted by atomic mass is 10.1. The molecular weight excluding hydrogens is 192 g/mol. The van der Waals surface area contributed by atoms with Gasteiger partial charge in [0.2, 0.25) is 0 Å². The minimum absolute atomic E-state index is 0.0137. The Kier molecular flexibility index (Phi) is 2.83. The lowest BCUT2D eigenvalue weighted by Gasteiger charge is -2.17. The molecule has 0 saturated heterocycles. The Balaban J connectivity index is 2.16. The highest BCUT2D eigenvalue weighted by Crippen LogP contribution is 2.23. The fraction of sp³-hybridized carbons (Fsp3) is 0.250. The van der Waals surface area contributed by atoms with Crippen molar-refractivity contribution >= 4 is 5.78 Å². The fourth-order valence-electron chi connectivity index (χ4n) is 1.47. The van der Waals surface area contributed by atoms with Crippen LogP contribution in [-0.2, 0) is 9.53 Å². The first-order valence-electron chi connectivity index (χ1n) is 4.76. The summed E-state index contributed by atoms with van der Waals surface area (Å²) in [5, 5.41) is 0. The largest absolute Gasteiger partial charge is 0.497 e. The molecule has 1 atom stereocenters. The van der Waals surface area contributed by atoms with Crippen LogP contribution in [0.1, 0.15) is 11.7 Å². The molecule has 1 aliphatic rings. The molecule has 0 amide bonds. The van der Waals surface area contributed by atoms with Crippen LogP contribution in [0.4, 0.5) is 0 Å². The second-order valence-electron chi connectivity index (χ2n) is 3.33. The van der Waals surface area contributed by atoms with Gasteiger partial charge >= 0.3 is 0 Å². The normalized spacial score (nSPS) is 20.3. The maximum atomic E-state index is 10.9. The van der Waals surface area contributed by atoms with Crippen molar-refractivity contribution in [2.45, 2.75) is 6.10 Å². The van der Waals surface area contributed by atoms with Gasteiger partial charge in [-0.2, -0.15) is 0 Å². The molecule has 3 heteroatoms. The summed E-state index contributed by atoms with van der Waals surface area (Å²) < 4.78 is 10.4. The van der Waals surface area contributed by atoms with Crippen molar-refractivity contribution in [1.29, 1.82) is 0 Å². The van der Waals surface area contributed by atoms with Gasteiger partial charge in [-0.25, -0.2) is 0 Å². The van der Waals surface area contributed by atoms with Crippen molar-refractivity contribution < 1.29 is 14.3 Å². The Labute approximate surface area is 88.3 Å². The van der Waals surface area contributed by atoms with E-state index in [1.807, 2.05) is 24.3 Å². The number of benzene rings is 1. The average molecular weight is 204 g/mol. The third-order valence-electron chi connectivity index (χ3n) is 2.31. The lowest BCUT2D eigenvalue weighted by molar-refractivity contribution is -0.121. The van der Waals surface area contributed by atoms with Gasteiger partial charge in [0, 0.05) is 0 Å². The van der Waals surface area contributed by atoms with Crippen LogP contribution in [0.15, 0.2) is 36.4 Å². The molecule has 1 unspecified atom stereocenters. The molecule has 0 aromatic heterocycles. The molecule has 0 bridgehead atoms. The van der Waals surface area contributed by atoms with Gasteiger partial charge in [0.15, 0.2) is 5.78 Å². The third kappa shape index (κ3) is 2.25. The first-order chi connectivity index (χ1) is 7.29. The van der Waals surface area contributed by atoms with Crippen LogP contribution in [-0.4, -0.2) is 19.5 Å². The summed E-state index contributed by atoms with van der Waals surface area (Å²) in [5.41, 5.74) is 1.03. The van der Waals surface area contributed by atoms with Crippen molar-refractivity contribution in [2.24, 2.45) is 0 Å². The lowest BCUT2D eigenvalue weighted by Crippen LogP contribution is -2.14. The predicted molar refractivity (Wildman–Crippen MR) is 55.8 cm³/mol. The zero-order valence-electron chi connectivity index (χ0n) is 8.47. The van der Waals surface area contributed by atoms with Gasteiger partial charge in [-0.1, -0.05) is 12.1 Å². The number of ether oxygens (including phenoxy) is 2. The maximum Gasteiger partial charge on any atom is 0.181 e. The standard InChI is InChI=1S/C12H12O3/c1-14-11-5-2-9(3-6-11)12-7-4-10(13)8-15-12/h2-7,12H,8H2,1H3. The first-order valence-corrected chi connectivity index (χ1v) is 4.76. The Morgan fingerprint density at radius 1 is 1.33 bits per heavy atom. The van der Waals surface area contributed by atoms with Crippen molar-refractivity contribution in [3.63, 3.8) is 0 Å². The van der Waals surface area contributed by atoms with Gasteiger partial charge < -0.3 is 9.47 Å². The Hall–Kier alpha value is -1.61. The highest BCUT2D eigenvalue weighted by molar-refractivity contribution is 5.91. The number of carbonyl (C=O) groups is 1. The van der Waals surface area contributed by atoms with Crippen molar-refractivity contribution in [2.75, 3.05) is 13.7 Å². The molecule has 1 aromatic carbocycles. The molecule has 0 spiro atoms. The molecular formula is C12H12O3. The molecule has 15 heavy (non-hydrogen) atoms. The summed E-state index contributed by atoms with van der Waals surface area (Å²) in [4.78, 5) is 10.9. The smallest absolute Gasteiger partial charge is 0.181 e. The van der Waals surface area contributed by atoms with Gasteiger partial charge in [-0.3, -0.25) is 4.79 Å². The van der Waals surface area contributed by atoms with E-state index in [4.69, 9.17) is 9.47 Å². The molecule has 1 aliphatic heterocycles. The van der Waals surface area contributed by atoms with Crippen LogP contribution in [0.3, 0.4) is 0 Å². The van der Waals surface area contributed by atoms with E-state index in [1.54, 1.807) is 19.3 Å². The monoisotopic (exact) mass is 204 g/mol. The molecule has 0 saturated carbocycles. The Bertz CT molecular complexity index is 378. The number of carbonyl (C=O) groups excluding carboxylic acids is 1. The molecule has 0 fully saturated rings. The van der Waals surface area contributed by atoms with Gasteiger partial charge in [0.25, 0.3) is 0 Å². The molecule has 0 N–H and O–H groups in total. The molecule has 3 nitrogen and oxygen atoms in total. The Morgan fingerprint density at radius 2 is 2.07 bits per heavy atom. The first kappa shape index (κ1) is 9.93. The third-order valence-corrected chi connectivity index (χ3v) is 2.31. The van der Waals surface area contributed by atoms with Crippen LogP contribution in [0.5, 0.6) is 5.75 Å². The van der Waals surface area contributed by atoms with Gasteiger partial charge in [-0.05, 0) is 29.8 Å². The van der Waals surface area contributed by atoms with Crippen LogP contribution < -0.4 is 4.74 Å². The van der Waals surface area contributed by atoms with E-state index in [9.17, 15) is 4.79 Å². The zero-order valence-corrected chi connectivity index (χ0v) is 8.47. The summed E-state index contributed by atoms with van der Waals surface area (Å²) in [6.07, 6.45) is 3.22. The topological polar surface area (TPSA) is 35.5 Å². The van der Waals surface area contributed by atoms with Gasteiger partial charge in [0.1, 0.15) is 18.5 Å². The zero-order chi connectivity index (χ0) is 10.7. The average Bonchev–Trinajstić information content (AvgIpc) is 2.30. The summed E-state index contributed by atoms with van der Waals surface area (Å²) in [6.45, 7) is 0.160. The number of ketones is 1. The molecule has 1 heterocycles. The number of hydrogen-bond donors (Lipinski definition) is 0. The summed E-state index contributed by atoms with van der Waals surface area (Å²) in [7, 11) is 1.63. The van der Waals surface area contributed by atoms with Crippen LogP contribution in [0.2, 0.25) is 0 Å². The van der Waals surface area contributed by atoms with Gasteiger partial charge in [-0.15, -0.1) is 0 Å². The van der Waals surface area contributed by atoms with Crippen molar-refractivity contribution in [3.8, 4) is 5.75 Å². The summed E-state index contributed by atoms with van der Waals surface area (Å²) >= 11 is 0. The molecule has 2 rings (SSSR count). The molecule has 0 aliphatic carbocycles.